The third-order valence-electron chi connectivity index (χ3n) is 7.58. The van der Waals surface area contributed by atoms with Gasteiger partial charge in [-0.2, -0.15) is 0 Å². The fourth-order valence-electron chi connectivity index (χ4n) is 6.23. The molecule has 1 fully saturated rings. The molecule has 188 valence electrons. The average molecular weight is 554 g/mol. The minimum Gasteiger partial charge on any atom is -0.491 e. The number of nitrogens with zero attached hydrogens (tertiary/aromatic N) is 1. The molecule has 4 unspecified atom stereocenters. The van der Waals surface area contributed by atoms with E-state index in [4.69, 9.17) is 4.74 Å². The number of hydrogen-bond acceptors (Lipinski definition) is 6. The van der Waals surface area contributed by atoms with Crippen LogP contribution in [-0.2, 0) is 19.2 Å². The maximum absolute atomic E-state index is 13.7. The Morgan fingerprint density at radius 3 is 2.50 bits per heavy atom. The first-order valence-electron chi connectivity index (χ1n) is 12.2. The number of benzene rings is 1. The van der Waals surface area contributed by atoms with E-state index in [1.807, 2.05) is 45.0 Å². The summed E-state index contributed by atoms with van der Waals surface area (Å²) in [7, 11) is 0. The molecule has 1 N–H and O–H groups in total. The van der Waals surface area contributed by atoms with Crippen LogP contribution in [0, 0.1) is 17.8 Å². The molecule has 4 atom stereocenters. The number of Topliss-reactive ketones (excluding diaryl/α,β-unsaturated/α-hetero) is 1. The molecule has 1 heterocycles. The van der Waals surface area contributed by atoms with Gasteiger partial charge in [0.1, 0.15) is 12.4 Å². The molecule has 5 rings (SSSR count). The first-order valence-corrected chi connectivity index (χ1v) is 12.9. The normalized spacial score (nSPS) is 28.0. The Hall–Kier alpha value is -2.84. The van der Waals surface area contributed by atoms with Crippen LogP contribution in [-0.4, -0.2) is 52.1 Å². The highest BCUT2D eigenvalue weighted by Crippen LogP contribution is 2.56. The molecule has 0 saturated carbocycles. The molecule has 7 nitrogen and oxygen atoms in total. The zero-order valence-corrected chi connectivity index (χ0v) is 22.0. The largest absolute Gasteiger partial charge is 0.491 e. The van der Waals surface area contributed by atoms with Crippen molar-refractivity contribution in [1.29, 1.82) is 0 Å². The third kappa shape index (κ3) is 3.73. The first kappa shape index (κ1) is 24.8. The first-order chi connectivity index (χ1) is 17.1. The van der Waals surface area contributed by atoms with E-state index in [1.165, 1.54) is 11.0 Å². The van der Waals surface area contributed by atoms with Crippen LogP contribution in [0.15, 0.2) is 57.6 Å². The standard InChI is InChI=1S/C28H28BrNO6/c1-28(2,3)30-26(34)16-9-8-14-17(23(16)27(30)35)12-18-24(20(32)13-19(29)25(18)33)22(14)15-6-4-5-7-21(15)36-11-10-31/h4-8,13,16-17,22-23,31H,9-12H2,1-3H3. The monoisotopic (exact) mass is 553 g/mol. The number of amides is 2. The second-order valence-electron chi connectivity index (χ2n) is 10.7. The third-order valence-corrected chi connectivity index (χ3v) is 8.17. The van der Waals surface area contributed by atoms with Gasteiger partial charge in [0.2, 0.25) is 11.8 Å². The SMILES string of the molecule is CC(C)(C)N1C(=O)C2CC=C3C(c4ccccc4OCCO)C4=C(CC3C2C1=O)C(=O)C(Br)=CC4=O. The molecular weight excluding hydrogens is 526 g/mol. The molecule has 3 aliphatic carbocycles. The van der Waals surface area contributed by atoms with E-state index in [0.29, 0.717) is 28.9 Å². The van der Waals surface area contributed by atoms with E-state index in [9.17, 15) is 24.3 Å². The molecule has 36 heavy (non-hydrogen) atoms. The molecule has 0 bridgehead atoms. The molecule has 1 saturated heterocycles. The Kier molecular flexibility index (Phi) is 6.16. The Morgan fingerprint density at radius 1 is 1.08 bits per heavy atom. The molecule has 0 spiro atoms. The molecule has 4 aliphatic rings. The minimum atomic E-state index is -0.655. The summed E-state index contributed by atoms with van der Waals surface area (Å²) in [5.74, 6) is -2.47. The number of hydrogen-bond donors (Lipinski definition) is 1. The number of likely N-dealkylation sites (tertiary alicyclic amines) is 1. The topological polar surface area (TPSA) is 101 Å². The number of halogens is 1. The Balaban J connectivity index is 1.69. The number of ketones is 2. The maximum atomic E-state index is 13.7. The minimum absolute atomic E-state index is 0.0780. The van der Waals surface area contributed by atoms with Crippen molar-refractivity contribution in [1.82, 2.24) is 4.90 Å². The van der Waals surface area contributed by atoms with Crippen LogP contribution in [0.2, 0.25) is 0 Å². The van der Waals surface area contributed by atoms with Crippen LogP contribution in [0.25, 0.3) is 0 Å². The lowest BCUT2D eigenvalue weighted by Gasteiger charge is -2.42. The number of carbonyl (C=O) groups excluding carboxylic acids is 4. The zero-order chi connectivity index (χ0) is 25.9. The Labute approximate surface area is 218 Å². The second-order valence-corrected chi connectivity index (χ2v) is 11.5. The Morgan fingerprint density at radius 2 is 1.81 bits per heavy atom. The van der Waals surface area contributed by atoms with E-state index in [2.05, 4.69) is 15.9 Å². The molecule has 8 heteroatoms. The molecule has 2 amide bonds. The van der Waals surface area contributed by atoms with Gasteiger partial charge < -0.3 is 9.84 Å². The van der Waals surface area contributed by atoms with Crippen molar-refractivity contribution in [3.05, 3.63) is 63.2 Å². The number of para-hydroxylation sites is 1. The highest BCUT2D eigenvalue weighted by Gasteiger charge is 2.58. The van der Waals surface area contributed by atoms with Crippen LogP contribution < -0.4 is 4.74 Å². The van der Waals surface area contributed by atoms with Gasteiger partial charge in [-0.1, -0.05) is 29.8 Å². The summed E-state index contributed by atoms with van der Waals surface area (Å²) in [6, 6.07) is 7.27. The van der Waals surface area contributed by atoms with Gasteiger partial charge in [-0.3, -0.25) is 24.1 Å². The van der Waals surface area contributed by atoms with Gasteiger partial charge in [-0.15, -0.1) is 0 Å². The van der Waals surface area contributed by atoms with E-state index >= 15 is 0 Å². The molecule has 0 radical (unpaired) electrons. The lowest BCUT2D eigenvalue weighted by atomic mass is 9.59. The van der Waals surface area contributed by atoms with E-state index < -0.39 is 29.2 Å². The second kappa shape index (κ2) is 8.92. The van der Waals surface area contributed by atoms with Crippen molar-refractivity contribution in [3.63, 3.8) is 0 Å². The summed E-state index contributed by atoms with van der Waals surface area (Å²) in [4.78, 5) is 55.1. The molecule has 1 aromatic rings. The number of aliphatic hydroxyl groups excluding tert-OH is 1. The summed E-state index contributed by atoms with van der Waals surface area (Å²) in [5.41, 5.74) is 1.70. The van der Waals surface area contributed by atoms with Gasteiger partial charge in [-0.05, 0) is 61.5 Å². The lowest BCUT2D eigenvalue weighted by Crippen LogP contribution is -2.46. The number of carbonyl (C=O) groups is 4. The fourth-order valence-corrected chi connectivity index (χ4v) is 6.68. The number of fused-ring (bicyclic) bond motifs is 3. The predicted molar refractivity (Wildman–Crippen MR) is 135 cm³/mol. The van der Waals surface area contributed by atoms with Gasteiger partial charge >= 0.3 is 0 Å². The van der Waals surface area contributed by atoms with E-state index in [1.54, 1.807) is 6.07 Å². The zero-order valence-electron chi connectivity index (χ0n) is 20.4. The van der Waals surface area contributed by atoms with Crippen molar-refractivity contribution in [2.45, 2.75) is 45.1 Å². The van der Waals surface area contributed by atoms with Gasteiger partial charge in [0.05, 0.1) is 22.9 Å². The molecule has 0 aromatic heterocycles. The quantitative estimate of drug-likeness (QED) is 0.347. The molecule has 1 aromatic carbocycles. The van der Waals surface area contributed by atoms with Crippen LogP contribution in [0.1, 0.15) is 45.1 Å². The fraction of sp³-hybridized carbons (Fsp3) is 0.429. The van der Waals surface area contributed by atoms with Crippen LogP contribution in [0.3, 0.4) is 0 Å². The summed E-state index contributed by atoms with van der Waals surface area (Å²) < 4.78 is 6.01. The maximum Gasteiger partial charge on any atom is 0.234 e. The highest BCUT2D eigenvalue weighted by molar-refractivity contribution is 9.12. The molecular formula is C28H28BrNO6. The average Bonchev–Trinajstić information content (AvgIpc) is 3.10. The number of imide groups is 1. The van der Waals surface area contributed by atoms with Gasteiger partial charge in [0, 0.05) is 34.2 Å². The Bertz CT molecular complexity index is 1280. The van der Waals surface area contributed by atoms with Crippen molar-refractivity contribution >= 4 is 39.3 Å². The summed E-state index contributed by atoms with van der Waals surface area (Å²) in [5, 5.41) is 9.33. The number of rotatable bonds is 4. The summed E-state index contributed by atoms with van der Waals surface area (Å²) in [6.45, 7) is 5.44. The van der Waals surface area contributed by atoms with Crippen molar-refractivity contribution < 1.29 is 29.0 Å². The van der Waals surface area contributed by atoms with Crippen LogP contribution >= 0.6 is 15.9 Å². The van der Waals surface area contributed by atoms with Crippen molar-refractivity contribution in [2.24, 2.45) is 17.8 Å². The van der Waals surface area contributed by atoms with Gasteiger partial charge in [-0.25, -0.2) is 0 Å². The summed E-state index contributed by atoms with van der Waals surface area (Å²) >= 11 is 3.24. The number of ether oxygens (including phenoxy) is 1. The predicted octanol–water partition coefficient (Wildman–Crippen LogP) is 3.62. The molecule has 1 aliphatic heterocycles. The van der Waals surface area contributed by atoms with E-state index in [-0.39, 0.29) is 47.5 Å². The van der Waals surface area contributed by atoms with Crippen LogP contribution in [0.4, 0.5) is 0 Å². The smallest absolute Gasteiger partial charge is 0.234 e. The van der Waals surface area contributed by atoms with Gasteiger partial charge in [0.25, 0.3) is 0 Å². The summed E-state index contributed by atoms with van der Waals surface area (Å²) in [6.07, 6.45) is 3.92. The van der Waals surface area contributed by atoms with E-state index in [0.717, 1.165) is 5.57 Å². The number of aliphatic hydroxyl groups is 1. The van der Waals surface area contributed by atoms with Crippen molar-refractivity contribution in [2.75, 3.05) is 13.2 Å². The van der Waals surface area contributed by atoms with Crippen LogP contribution in [0.5, 0.6) is 5.75 Å². The lowest BCUT2D eigenvalue weighted by molar-refractivity contribution is -0.145. The van der Waals surface area contributed by atoms with Crippen molar-refractivity contribution in [3.8, 4) is 5.75 Å². The highest BCUT2D eigenvalue weighted by atomic mass is 79.9. The van der Waals surface area contributed by atoms with Gasteiger partial charge in [0.15, 0.2) is 11.6 Å². The number of allylic oxidation sites excluding steroid dienone is 6.